The third kappa shape index (κ3) is 4.45. The molecule has 108 valence electrons. The first kappa shape index (κ1) is 14.8. The molecule has 0 aromatic heterocycles. The summed E-state index contributed by atoms with van der Waals surface area (Å²) in [4.78, 5) is 23.7. The van der Waals surface area contributed by atoms with Gasteiger partial charge >= 0.3 is 0 Å². The minimum atomic E-state index is -0.326. The van der Waals surface area contributed by atoms with Crippen LogP contribution in [0.4, 0.5) is 11.4 Å². The summed E-state index contributed by atoms with van der Waals surface area (Å²) in [5.41, 5.74) is 2.50. The first-order valence-corrected chi connectivity index (χ1v) is 6.91. The second-order valence-electron chi connectivity index (χ2n) is 4.65. The van der Waals surface area contributed by atoms with E-state index in [2.05, 4.69) is 10.6 Å². The molecule has 2 aromatic carbocycles. The molecular weight excluding hydrogens is 264 g/mol. The van der Waals surface area contributed by atoms with E-state index in [0.717, 1.165) is 17.7 Å². The van der Waals surface area contributed by atoms with Crippen LogP contribution in [0.2, 0.25) is 0 Å². The normalized spacial score (nSPS) is 9.95. The van der Waals surface area contributed by atoms with Gasteiger partial charge in [0.25, 0.3) is 0 Å². The number of anilines is 2. The average Bonchev–Trinajstić information content (AvgIpc) is 2.48. The monoisotopic (exact) mass is 282 g/mol. The highest BCUT2D eigenvalue weighted by atomic mass is 16.2. The van der Waals surface area contributed by atoms with E-state index in [0.29, 0.717) is 5.69 Å². The maximum Gasteiger partial charge on any atom is 0.233 e. The summed E-state index contributed by atoms with van der Waals surface area (Å²) in [6.07, 6.45) is 0.625. The van der Waals surface area contributed by atoms with Gasteiger partial charge in [-0.1, -0.05) is 43.3 Å². The lowest BCUT2D eigenvalue weighted by Crippen LogP contribution is -2.21. The Bertz CT molecular complexity index is 624. The van der Waals surface area contributed by atoms with Crippen LogP contribution in [-0.4, -0.2) is 11.8 Å². The van der Waals surface area contributed by atoms with Gasteiger partial charge in [-0.25, -0.2) is 0 Å². The minimum Gasteiger partial charge on any atom is -0.326 e. The number of hydrogen-bond acceptors (Lipinski definition) is 2. The van der Waals surface area contributed by atoms with Crippen LogP contribution < -0.4 is 10.6 Å². The quantitative estimate of drug-likeness (QED) is 0.827. The summed E-state index contributed by atoms with van der Waals surface area (Å²) in [5, 5.41) is 5.47. The highest BCUT2D eigenvalue weighted by Gasteiger charge is 2.11. The van der Waals surface area contributed by atoms with Gasteiger partial charge in [-0.15, -0.1) is 0 Å². The zero-order chi connectivity index (χ0) is 15.1. The average molecular weight is 282 g/mol. The van der Waals surface area contributed by atoms with Gasteiger partial charge in [0.2, 0.25) is 11.8 Å². The molecule has 0 aliphatic rings. The van der Waals surface area contributed by atoms with Crippen molar-refractivity contribution in [3.63, 3.8) is 0 Å². The molecule has 0 atom stereocenters. The van der Waals surface area contributed by atoms with Crippen molar-refractivity contribution in [2.24, 2.45) is 0 Å². The number of benzene rings is 2. The van der Waals surface area contributed by atoms with Crippen molar-refractivity contribution in [1.82, 2.24) is 0 Å². The number of amides is 2. The van der Waals surface area contributed by atoms with Crippen LogP contribution in [-0.2, 0) is 16.0 Å². The Morgan fingerprint density at radius 3 is 2.19 bits per heavy atom. The Balaban J connectivity index is 1.91. The molecule has 21 heavy (non-hydrogen) atoms. The molecule has 2 N–H and O–H groups in total. The third-order valence-corrected chi connectivity index (χ3v) is 3.05. The van der Waals surface area contributed by atoms with Gasteiger partial charge in [-0.2, -0.15) is 0 Å². The number of hydrogen-bond donors (Lipinski definition) is 2. The van der Waals surface area contributed by atoms with Crippen LogP contribution in [0.3, 0.4) is 0 Å². The van der Waals surface area contributed by atoms with Crippen LogP contribution in [0.1, 0.15) is 18.9 Å². The van der Waals surface area contributed by atoms with E-state index in [1.54, 1.807) is 12.1 Å². The molecule has 4 heteroatoms. The fraction of sp³-hybridized carbons (Fsp3) is 0.176. The number of carbonyl (C=O) groups is 2. The van der Waals surface area contributed by atoms with Crippen LogP contribution >= 0.6 is 0 Å². The molecule has 2 aromatic rings. The van der Waals surface area contributed by atoms with E-state index in [9.17, 15) is 9.59 Å². The van der Waals surface area contributed by atoms with E-state index >= 15 is 0 Å². The van der Waals surface area contributed by atoms with Gasteiger partial charge in [0.15, 0.2) is 0 Å². The minimum absolute atomic E-state index is 0.201. The van der Waals surface area contributed by atoms with Gasteiger partial charge in [-0.3, -0.25) is 9.59 Å². The number of nitrogens with one attached hydrogen (secondary N) is 2. The van der Waals surface area contributed by atoms with Crippen molar-refractivity contribution < 1.29 is 9.59 Å². The molecule has 0 aliphatic carbocycles. The van der Waals surface area contributed by atoms with Crippen LogP contribution in [0.25, 0.3) is 0 Å². The van der Waals surface area contributed by atoms with Gasteiger partial charge < -0.3 is 10.6 Å². The van der Waals surface area contributed by atoms with Crippen molar-refractivity contribution in [1.29, 1.82) is 0 Å². The van der Waals surface area contributed by atoms with E-state index in [4.69, 9.17) is 0 Å². The largest absolute Gasteiger partial charge is 0.326 e. The van der Waals surface area contributed by atoms with E-state index in [-0.39, 0.29) is 18.2 Å². The molecule has 0 bridgehead atoms. The Labute approximate surface area is 124 Å². The van der Waals surface area contributed by atoms with E-state index < -0.39 is 0 Å². The number of rotatable bonds is 5. The van der Waals surface area contributed by atoms with E-state index in [1.807, 2.05) is 49.4 Å². The lowest BCUT2D eigenvalue weighted by molar-refractivity contribution is -0.123. The van der Waals surface area contributed by atoms with Gasteiger partial charge in [0.05, 0.1) is 0 Å². The molecule has 0 aliphatic heterocycles. The Kier molecular flexibility index (Phi) is 5.10. The van der Waals surface area contributed by atoms with Crippen molar-refractivity contribution >= 4 is 23.2 Å². The van der Waals surface area contributed by atoms with Crippen molar-refractivity contribution in [2.45, 2.75) is 19.8 Å². The zero-order valence-electron chi connectivity index (χ0n) is 11.9. The maximum absolute atomic E-state index is 11.9. The summed E-state index contributed by atoms with van der Waals surface area (Å²) in [6, 6.07) is 16.7. The molecule has 2 amide bonds. The third-order valence-electron chi connectivity index (χ3n) is 3.05. The summed E-state index contributed by atoms with van der Waals surface area (Å²) in [7, 11) is 0. The standard InChI is InChI=1S/C17H18N2O2/c1-2-13-8-6-7-11-15(13)19-17(21)12-16(20)18-14-9-4-3-5-10-14/h3-11H,2,12H2,1H3,(H,18,20)(H,19,21). The SMILES string of the molecule is CCc1ccccc1NC(=O)CC(=O)Nc1ccccc1. The van der Waals surface area contributed by atoms with Crippen molar-refractivity contribution in [2.75, 3.05) is 10.6 Å². The fourth-order valence-corrected chi connectivity index (χ4v) is 2.02. The molecule has 0 unspecified atom stereocenters. The molecule has 0 saturated heterocycles. The first-order chi connectivity index (χ1) is 10.2. The molecule has 0 spiro atoms. The maximum atomic E-state index is 11.9. The molecule has 4 nitrogen and oxygen atoms in total. The summed E-state index contributed by atoms with van der Waals surface area (Å²) < 4.78 is 0. The second-order valence-corrected chi connectivity index (χ2v) is 4.65. The molecule has 0 heterocycles. The Morgan fingerprint density at radius 2 is 1.48 bits per heavy atom. The predicted molar refractivity (Wildman–Crippen MR) is 84.1 cm³/mol. The molecular formula is C17H18N2O2. The smallest absolute Gasteiger partial charge is 0.233 e. The van der Waals surface area contributed by atoms with Gasteiger partial charge in [0, 0.05) is 11.4 Å². The number of para-hydroxylation sites is 2. The number of carbonyl (C=O) groups excluding carboxylic acids is 2. The van der Waals surface area contributed by atoms with Gasteiger partial charge in [0.1, 0.15) is 6.42 Å². The molecule has 0 saturated carbocycles. The first-order valence-electron chi connectivity index (χ1n) is 6.91. The predicted octanol–water partition coefficient (Wildman–Crippen LogP) is 3.22. The summed E-state index contributed by atoms with van der Waals surface area (Å²) >= 11 is 0. The summed E-state index contributed by atoms with van der Waals surface area (Å²) in [6.45, 7) is 2.02. The Hall–Kier alpha value is -2.62. The van der Waals surface area contributed by atoms with E-state index in [1.165, 1.54) is 0 Å². The van der Waals surface area contributed by atoms with Crippen LogP contribution in [0.15, 0.2) is 54.6 Å². The molecule has 0 radical (unpaired) electrons. The zero-order valence-corrected chi connectivity index (χ0v) is 11.9. The fourth-order valence-electron chi connectivity index (χ4n) is 2.02. The van der Waals surface area contributed by atoms with Gasteiger partial charge in [-0.05, 0) is 30.2 Å². The van der Waals surface area contributed by atoms with Crippen LogP contribution in [0, 0.1) is 0 Å². The van der Waals surface area contributed by atoms with Crippen molar-refractivity contribution in [3.8, 4) is 0 Å². The second kappa shape index (κ2) is 7.24. The van der Waals surface area contributed by atoms with Crippen molar-refractivity contribution in [3.05, 3.63) is 60.2 Å². The molecule has 0 fully saturated rings. The highest BCUT2D eigenvalue weighted by Crippen LogP contribution is 2.15. The lowest BCUT2D eigenvalue weighted by Gasteiger charge is -2.09. The number of aryl methyl sites for hydroxylation is 1. The molecule has 2 rings (SSSR count). The Morgan fingerprint density at radius 1 is 0.857 bits per heavy atom. The summed E-state index contributed by atoms with van der Waals surface area (Å²) in [5.74, 6) is -0.642. The highest BCUT2D eigenvalue weighted by molar-refractivity contribution is 6.08. The lowest BCUT2D eigenvalue weighted by atomic mass is 10.1. The van der Waals surface area contributed by atoms with Crippen LogP contribution in [0.5, 0.6) is 0 Å². The topological polar surface area (TPSA) is 58.2 Å².